The Morgan fingerprint density at radius 3 is 3.00 bits per heavy atom. The summed E-state index contributed by atoms with van der Waals surface area (Å²) >= 11 is 0. The van der Waals surface area contributed by atoms with E-state index in [-0.39, 0.29) is 13.5 Å². The number of alkyl halides is 1. The molecule has 0 aliphatic carbocycles. The first-order valence-electron chi connectivity index (χ1n) is 4.09. The molecule has 0 saturated carbocycles. The topological polar surface area (TPSA) is 30.5 Å². The van der Waals surface area contributed by atoms with Crippen molar-refractivity contribution in [3.8, 4) is 11.5 Å². The van der Waals surface area contributed by atoms with E-state index in [1.807, 2.05) is 12.1 Å². The Morgan fingerprint density at radius 1 is 1.31 bits per heavy atom. The Labute approximate surface area is 75.5 Å². The average Bonchev–Trinajstić information content (AvgIpc) is 2.61. The lowest BCUT2D eigenvalue weighted by molar-refractivity contribution is 0.174. The monoisotopic (exact) mass is 183 g/mol. The number of anilines is 1. The highest BCUT2D eigenvalue weighted by Crippen LogP contribution is 2.33. The molecule has 3 nitrogen and oxygen atoms in total. The molecular formula is C9H10FNO2. The molecule has 0 unspecified atom stereocenters. The van der Waals surface area contributed by atoms with Crippen molar-refractivity contribution in [3.05, 3.63) is 18.2 Å². The van der Waals surface area contributed by atoms with Gasteiger partial charge in [-0.05, 0) is 12.1 Å². The Balaban J connectivity index is 2.12. The first-order valence-corrected chi connectivity index (χ1v) is 4.09. The Morgan fingerprint density at radius 2 is 2.15 bits per heavy atom. The standard InChI is InChI=1S/C9H10FNO2/c10-3-4-11-7-1-2-8-9(5-7)13-6-12-8/h1-2,5,11H,3-4,6H2. The molecule has 1 N–H and O–H groups in total. The lowest BCUT2D eigenvalue weighted by atomic mass is 10.3. The van der Waals surface area contributed by atoms with Gasteiger partial charge in [0.15, 0.2) is 11.5 Å². The summed E-state index contributed by atoms with van der Waals surface area (Å²) in [6.45, 7) is 0.204. The fraction of sp³-hybridized carbons (Fsp3) is 0.333. The third-order valence-electron chi connectivity index (χ3n) is 1.80. The third-order valence-corrected chi connectivity index (χ3v) is 1.80. The maximum Gasteiger partial charge on any atom is 0.231 e. The van der Waals surface area contributed by atoms with Crippen molar-refractivity contribution in [3.63, 3.8) is 0 Å². The molecule has 1 aromatic carbocycles. The molecule has 1 aliphatic heterocycles. The highest BCUT2D eigenvalue weighted by molar-refractivity contribution is 5.55. The molecule has 1 heterocycles. The number of rotatable bonds is 3. The molecule has 0 spiro atoms. The Hall–Kier alpha value is -1.45. The summed E-state index contributed by atoms with van der Waals surface area (Å²) < 4.78 is 22.1. The molecule has 4 heteroatoms. The second-order valence-electron chi connectivity index (χ2n) is 2.68. The van der Waals surface area contributed by atoms with Crippen molar-refractivity contribution in [2.45, 2.75) is 0 Å². The van der Waals surface area contributed by atoms with Gasteiger partial charge in [0.05, 0.1) is 0 Å². The highest BCUT2D eigenvalue weighted by atomic mass is 19.1. The molecule has 1 aromatic rings. The molecule has 0 bridgehead atoms. The number of benzene rings is 1. The van der Waals surface area contributed by atoms with E-state index in [0.29, 0.717) is 12.3 Å². The van der Waals surface area contributed by atoms with Crippen LogP contribution in [0.15, 0.2) is 18.2 Å². The van der Waals surface area contributed by atoms with E-state index in [9.17, 15) is 4.39 Å². The third kappa shape index (κ3) is 1.66. The minimum Gasteiger partial charge on any atom is -0.454 e. The van der Waals surface area contributed by atoms with Crippen LogP contribution in [0.1, 0.15) is 0 Å². The molecule has 1 aliphatic rings. The molecule has 2 rings (SSSR count). The van der Waals surface area contributed by atoms with Gasteiger partial charge >= 0.3 is 0 Å². The zero-order valence-electron chi connectivity index (χ0n) is 7.05. The van der Waals surface area contributed by atoms with Gasteiger partial charge in [0.2, 0.25) is 6.79 Å². The molecule has 0 radical (unpaired) electrons. The van der Waals surface area contributed by atoms with Gasteiger partial charge in [-0.2, -0.15) is 0 Å². The molecule has 70 valence electrons. The minimum atomic E-state index is -0.381. The molecule has 13 heavy (non-hydrogen) atoms. The van der Waals surface area contributed by atoms with Gasteiger partial charge in [-0.15, -0.1) is 0 Å². The van der Waals surface area contributed by atoms with Crippen molar-refractivity contribution in [2.75, 3.05) is 25.3 Å². The first-order chi connectivity index (χ1) is 6.40. The summed E-state index contributed by atoms with van der Waals surface area (Å²) in [5.74, 6) is 1.45. The van der Waals surface area contributed by atoms with E-state index >= 15 is 0 Å². The van der Waals surface area contributed by atoms with Gasteiger partial charge in [0.25, 0.3) is 0 Å². The Bertz CT molecular complexity index is 304. The number of ether oxygens (including phenoxy) is 2. The summed E-state index contributed by atoms with van der Waals surface area (Å²) in [6, 6.07) is 5.45. The zero-order chi connectivity index (χ0) is 9.10. The van der Waals surface area contributed by atoms with E-state index in [4.69, 9.17) is 9.47 Å². The fourth-order valence-electron chi connectivity index (χ4n) is 1.20. The van der Waals surface area contributed by atoms with Crippen molar-refractivity contribution in [1.29, 1.82) is 0 Å². The van der Waals surface area contributed by atoms with Crippen LogP contribution in [0.3, 0.4) is 0 Å². The summed E-state index contributed by atoms with van der Waals surface area (Å²) in [6.07, 6.45) is 0. The SMILES string of the molecule is FCCNc1ccc2c(c1)OCO2. The molecular weight excluding hydrogens is 173 g/mol. The van der Waals surface area contributed by atoms with Crippen LogP contribution in [0.25, 0.3) is 0 Å². The molecule has 0 saturated heterocycles. The van der Waals surface area contributed by atoms with Crippen molar-refractivity contribution >= 4 is 5.69 Å². The maximum absolute atomic E-state index is 11.8. The lowest BCUT2D eigenvalue weighted by Crippen LogP contribution is -2.02. The summed E-state index contributed by atoms with van der Waals surface area (Å²) in [7, 11) is 0. The van der Waals surface area contributed by atoms with Gasteiger partial charge < -0.3 is 14.8 Å². The number of hydrogen-bond donors (Lipinski definition) is 1. The van der Waals surface area contributed by atoms with Gasteiger partial charge in [-0.3, -0.25) is 0 Å². The van der Waals surface area contributed by atoms with Crippen LogP contribution in [-0.4, -0.2) is 20.0 Å². The van der Waals surface area contributed by atoms with Gasteiger partial charge in [0, 0.05) is 18.3 Å². The quantitative estimate of drug-likeness (QED) is 0.775. The molecule has 0 fully saturated rings. The normalized spacial score (nSPS) is 13.0. The second-order valence-corrected chi connectivity index (χ2v) is 2.68. The zero-order valence-corrected chi connectivity index (χ0v) is 7.05. The van der Waals surface area contributed by atoms with Crippen LogP contribution in [0.4, 0.5) is 10.1 Å². The van der Waals surface area contributed by atoms with Crippen LogP contribution in [-0.2, 0) is 0 Å². The highest BCUT2D eigenvalue weighted by Gasteiger charge is 2.12. The summed E-state index contributed by atoms with van der Waals surface area (Å²) in [4.78, 5) is 0. The van der Waals surface area contributed by atoms with E-state index in [0.717, 1.165) is 11.4 Å². The summed E-state index contributed by atoms with van der Waals surface area (Å²) in [5.41, 5.74) is 0.849. The number of halogens is 1. The molecule has 0 amide bonds. The van der Waals surface area contributed by atoms with Gasteiger partial charge in [0.1, 0.15) is 6.67 Å². The number of hydrogen-bond acceptors (Lipinski definition) is 3. The van der Waals surface area contributed by atoms with E-state index < -0.39 is 0 Å². The number of nitrogens with one attached hydrogen (secondary N) is 1. The Kier molecular flexibility index (Phi) is 2.21. The van der Waals surface area contributed by atoms with Crippen LogP contribution in [0.2, 0.25) is 0 Å². The molecule has 0 atom stereocenters. The van der Waals surface area contributed by atoms with Crippen molar-refractivity contribution in [2.24, 2.45) is 0 Å². The maximum atomic E-state index is 11.8. The van der Waals surface area contributed by atoms with Crippen LogP contribution in [0.5, 0.6) is 11.5 Å². The smallest absolute Gasteiger partial charge is 0.231 e. The number of fused-ring (bicyclic) bond motifs is 1. The van der Waals surface area contributed by atoms with Crippen molar-refractivity contribution < 1.29 is 13.9 Å². The van der Waals surface area contributed by atoms with Gasteiger partial charge in [-0.25, -0.2) is 4.39 Å². The van der Waals surface area contributed by atoms with Crippen LogP contribution in [0, 0.1) is 0 Å². The van der Waals surface area contributed by atoms with E-state index in [1.54, 1.807) is 6.07 Å². The first kappa shape index (κ1) is 8.16. The molecule has 0 aromatic heterocycles. The second kappa shape index (κ2) is 3.51. The average molecular weight is 183 g/mol. The largest absolute Gasteiger partial charge is 0.454 e. The van der Waals surface area contributed by atoms with Gasteiger partial charge in [-0.1, -0.05) is 0 Å². The predicted octanol–water partition coefficient (Wildman–Crippen LogP) is 1.80. The van der Waals surface area contributed by atoms with Crippen LogP contribution < -0.4 is 14.8 Å². The van der Waals surface area contributed by atoms with Crippen molar-refractivity contribution in [1.82, 2.24) is 0 Å². The minimum absolute atomic E-state index is 0.266. The fourth-order valence-corrected chi connectivity index (χ4v) is 1.20. The lowest BCUT2D eigenvalue weighted by Gasteiger charge is -2.03. The summed E-state index contributed by atoms with van der Waals surface area (Å²) in [5, 5.41) is 2.91. The van der Waals surface area contributed by atoms with E-state index in [1.165, 1.54) is 0 Å². The van der Waals surface area contributed by atoms with E-state index in [2.05, 4.69) is 5.32 Å². The van der Waals surface area contributed by atoms with Crippen LogP contribution >= 0.6 is 0 Å². The predicted molar refractivity (Wildman–Crippen MR) is 47.0 cm³/mol.